The van der Waals surface area contributed by atoms with Gasteiger partial charge in [-0.2, -0.15) is 5.10 Å². The minimum atomic E-state index is -0.247. The van der Waals surface area contributed by atoms with E-state index in [0.29, 0.717) is 5.92 Å². The van der Waals surface area contributed by atoms with Gasteiger partial charge in [0.2, 0.25) is 5.91 Å². The average molecular weight is 297 g/mol. The molecule has 0 saturated carbocycles. The Morgan fingerprint density at radius 2 is 2.05 bits per heavy atom. The summed E-state index contributed by atoms with van der Waals surface area (Å²) in [5, 5.41) is 4.40. The fraction of sp³-hybridized carbons (Fsp3) is 0.444. The number of carbonyl (C=O) groups excluding carboxylic acids is 1. The Kier molecular flexibility index (Phi) is 4.27. The first-order valence-electron chi connectivity index (χ1n) is 8.03. The third kappa shape index (κ3) is 3.06. The summed E-state index contributed by atoms with van der Waals surface area (Å²) in [6, 6.07) is 9.88. The van der Waals surface area contributed by atoms with Gasteiger partial charge in [-0.25, -0.2) is 0 Å². The largest absolute Gasteiger partial charge is 0.341 e. The zero-order valence-electron chi connectivity index (χ0n) is 13.3. The van der Waals surface area contributed by atoms with Gasteiger partial charge in [-0.3, -0.25) is 9.48 Å². The molecule has 1 aromatic heterocycles. The fourth-order valence-electron chi connectivity index (χ4n) is 3.10. The summed E-state index contributed by atoms with van der Waals surface area (Å²) in [6.45, 7) is 5.89. The number of rotatable bonds is 3. The summed E-state index contributed by atoms with van der Waals surface area (Å²) in [5.41, 5.74) is 2.17. The van der Waals surface area contributed by atoms with Gasteiger partial charge in [-0.15, -0.1) is 0 Å². The van der Waals surface area contributed by atoms with Crippen molar-refractivity contribution < 1.29 is 4.79 Å². The molecular formula is C18H23N3O. The van der Waals surface area contributed by atoms with Crippen molar-refractivity contribution in [1.82, 2.24) is 14.7 Å². The summed E-state index contributed by atoms with van der Waals surface area (Å²) >= 11 is 0. The normalized spacial score (nSPS) is 19.9. The number of amides is 1. The Bertz CT molecular complexity index is 635. The van der Waals surface area contributed by atoms with Crippen LogP contribution in [0.3, 0.4) is 0 Å². The fourth-order valence-corrected chi connectivity index (χ4v) is 3.10. The van der Waals surface area contributed by atoms with E-state index in [1.54, 1.807) is 4.68 Å². The van der Waals surface area contributed by atoms with E-state index in [1.165, 1.54) is 6.42 Å². The number of hydrogen-bond donors (Lipinski definition) is 0. The summed E-state index contributed by atoms with van der Waals surface area (Å²) in [5.74, 6) is 0.775. The van der Waals surface area contributed by atoms with Crippen molar-refractivity contribution >= 4 is 5.91 Å². The van der Waals surface area contributed by atoms with E-state index in [2.05, 4.69) is 24.2 Å². The molecule has 1 aromatic carbocycles. The van der Waals surface area contributed by atoms with E-state index >= 15 is 0 Å². The van der Waals surface area contributed by atoms with Gasteiger partial charge in [0.05, 0.1) is 6.20 Å². The van der Waals surface area contributed by atoms with Crippen molar-refractivity contribution in [2.45, 2.75) is 32.7 Å². The molecule has 0 aliphatic carbocycles. The molecule has 1 aliphatic heterocycles. The second kappa shape index (κ2) is 6.34. The maximum atomic E-state index is 12.7. The lowest BCUT2D eigenvalue weighted by Crippen LogP contribution is -2.42. The number of likely N-dealkylation sites (tertiary alicyclic amines) is 1. The topological polar surface area (TPSA) is 38.1 Å². The molecule has 2 heterocycles. The molecule has 4 heteroatoms. The van der Waals surface area contributed by atoms with Gasteiger partial charge in [0.15, 0.2) is 0 Å². The van der Waals surface area contributed by atoms with Crippen LogP contribution in [0.2, 0.25) is 0 Å². The SMILES string of the molecule is C[C@H]1CCCN(C(=O)[C@@H](C)n2cc(-c3ccccc3)cn2)C1. The molecule has 0 spiro atoms. The highest BCUT2D eigenvalue weighted by atomic mass is 16.2. The Balaban J connectivity index is 1.74. The minimum absolute atomic E-state index is 0.175. The van der Waals surface area contributed by atoms with E-state index in [0.717, 1.165) is 30.6 Å². The lowest BCUT2D eigenvalue weighted by molar-refractivity contribution is -0.136. The Hall–Kier alpha value is -2.10. The summed E-state index contributed by atoms with van der Waals surface area (Å²) < 4.78 is 1.78. The Labute approximate surface area is 131 Å². The van der Waals surface area contributed by atoms with Crippen molar-refractivity contribution in [3.05, 3.63) is 42.7 Å². The maximum absolute atomic E-state index is 12.7. The summed E-state index contributed by atoms with van der Waals surface area (Å²) in [4.78, 5) is 14.6. The highest BCUT2D eigenvalue weighted by Crippen LogP contribution is 2.22. The Morgan fingerprint density at radius 3 is 2.77 bits per heavy atom. The third-order valence-electron chi connectivity index (χ3n) is 4.43. The zero-order valence-corrected chi connectivity index (χ0v) is 13.3. The van der Waals surface area contributed by atoms with Crippen molar-refractivity contribution in [3.8, 4) is 11.1 Å². The van der Waals surface area contributed by atoms with Gasteiger partial charge in [0, 0.05) is 24.8 Å². The van der Waals surface area contributed by atoms with Crippen LogP contribution in [-0.4, -0.2) is 33.7 Å². The predicted octanol–water partition coefficient (Wildman–Crippen LogP) is 3.37. The van der Waals surface area contributed by atoms with E-state index < -0.39 is 0 Å². The number of aromatic nitrogens is 2. The first-order chi connectivity index (χ1) is 10.6. The molecule has 1 amide bonds. The number of piperidine rings is 1. The van der Waals surface area contributed by atoms with E-state index in [4.69, 9.17) is 0 Å². The van der Waals surface area contributed by atoms with Crippen molar-refractivity contribution in [3.63, 3.8) is 0 Å². The van der Waals surface area contributed by atoms with Crippen LogP contribution in [0.15, 0.2) is 42.7 Å². The molecule has 2 aromatic rings. The monoisotopic (exact) mass is 297 g/mol. The smallest absolute Gasteiger partial charge is 0.247 e. The molecule has 22 heavy (non-hydrogen) atoms. The third-order valence-corrected chi connectivity index (χ3v) is 4.43. The lowest BCUT2D eigenvalue weighted by Gasteiger charge is -2.32. The number of carbonyl (C=O) groups is 1. The lowest BCUT2D eigenvalue weighted by atomic mass is 10.00. The standard InChI is InChI=1S/C18H23N3O/c1-14-7-6-10-20(12-14)18(22)15(2)21-13-17(11-19-21)16-8-4-3-5-9-16/h3-5,8-9,11,13-15H,6-7,10,12H2,1-2H3/t14-,15+/m0/s1. The van der Waals surface area contributed by atoms with Gasteiger partial charge >= 0.3 is 0 Å². The van der Waals surface area contributed by atoms with Crippen LogP contribution >= 0.6 is 0 Å². The molecule has 4 nitrogen and oxygen atoms in total. The van der Waals surface area contributed by atoms with Gasteiger partial charge in [-0.1, -0.05) is 37.3 Å². The molecular weight excluding hydrogens is 274 g/mol. The minimum Gasteiger partial charge on any atom is -0.341 e. The molecule has 1 fully saturated rings. The number of nitrogens with zero attached hydrogens (tertiary/aromatic N) is 3. The summed E-state index contributed by atoms with van der Waals surface area (Å²) in [6.07, 6.45) is 6.12. The van der Waals surface area contributed by atoms with Crippen LogP contribution in [0.5, 0.6) is 0 Å². The second-order valence-corrected chi connectivity index (χ2v) is 6.28. The maximum Gasteiger partial charge on any atom is 0.247 e. The molecule has 116 valence electrons. The van der Waals surface area contributed by atoms with E-state index in [1.807, 2.05) is 42.4 Å². The molecule has 0 N–H and O–H groups in total. The first kappa shape index (κ1) is 14.8. The molecule has 0 radical (unpaired) electrons. The average Bonchev–Trinajstić information content (AvgIpc) is 3.04. The highest BCUT2D eigenvalue weighted by Gasteiger charge is 2.26. The van der Waals surface area contributed by atoms with E-state index in [9.17, 15) is 4.79 Å². The van der Waals surface area contributed by atoms with Crippen molar-refractivity contribution in [2.75, 3.05) is 13.1 Å². The molecule has 0 bridgehead atoms. The van der Waals surface area contributed by atoms with Gasteiger partial charge in [0.1, 0.15) is 6.04 Å². The second-order valence-electron chi connectivity index (χ2n) is 6.28. The van der Waals surface area contributed by atoms with Crippen LogP contribution < -0.4 is 0 Å². The molecule has 2 atom stereocenters. The zero-order chi connectivity index (χ0) is 15.5. The van der Waals surface area contributed by atoms with Crippen LogP contribution in [0.1, 0.15) is 32.7 Å². The Morgan fingerprint density at radius 1 is 1.27 bits per heavy atom. The predicted molar refractivity (Wildman–Crippen MR) is 87.4 cm³/mol. The highest BCUT2D eigenvalue weighted by molar-refractivity contribution is 5.80. The van der Waals surface area contributed by atoms with Crippen molar-refractivity contribution in [2.24, 2.45) is 5.92 Å². The van der Waals surface area contributed by atoms with Gasteiger partial charge in [0.25, 0.3) is 0 Å². The first-order valence-corrected chi connectivity index (χ1v) is 8.03. The molecule has 0 unspecified atom stereocenters. The van der Waals surface area contributed by atoms with E-state index in [-0.39, 0.29) is 11.9 Å². The van der Waals surface area contributed by atoms with Gasteiger partial charge in [-0.05, 0) is 31.2 Å². The number of hydrogen-bond acceptors (Lipinski definition) is 2. The molecule has 1 saturated heterocycles. The molecule has 3 rings (SSSR count). The number of benzene rings is 1. The van der Waals surface area contributed by atoms with Crippen LogP contribution in [0.25, 0.3) is 11.1 Å². The van der Waals surface area contributed by atoms with Crippen LogP contribution in [-0.2, 0) is 4.79 Å². The van der Waals surface area contributed by atoms with Crippen molar-refractivity contribution in [1.29, 1.82) is 0 Å². The summed E-state index contributed by atoms with van der Waals surface area (Å²) in [7, 11) is 0. The van der Waals surface area contributed by atoms with Crippen LogP contribution in [0.4, 0.5) is 0 Å². The van der Waals surface area contributed by atoms with Crippen LogP contribution in [0, 0.1) is 5.92 Å². The van der Waals surface area contributed by atoms with Gasteiger partial charge < -0.3 is 4.90 Å². The molecule has 1 aliphatic rings. The quantitative estimate of drug-likeness (QED) is 0.871.